The fourth-order valence-corrected chi connectivity index (χ4v) is 2.23. The first-order valence-electron chi connectivity index (χ1n) is 6.52. The largest absolute Gasteiger partial charge is 0.475 e. The van der Waals surface area contributed by atoms with Crippen molar-refractivity contribution in [2.24, 2.45) is 0 Å². The van der Waals surface area contributed by atoms with Crippen LogP contribution < -0.4 is 10.1 Å². The molecule has 1 aliphatic rings. The van der Waals surface area contributed by atoms with E-state index < -0.39 is 5.60 Å². The summed E-state index contributed by atoms with van der Waals surface area (Å²) in [6.45, 7) is 5.59. The number of carbonyl (C=O) groups is 1. The van der Waals surface area contributed by atoms with E-state index >= 15 is 0 Å². The third kappa shape index (κ3) is 3.67. The summed E-state index contributed by atoms with van der Waals surface area (Å²) in [4.78, 5) is 16.1. The molecule has 1 aliphatic carbocycles. The molecule has 2 N–H and O–H groups in total. The Hall–Kier alpha value is -1.62. The smallest absolute Gasteiger partial charge is 0.251 e. The lowest BCUT2D eigenvalue weighted by molar-refractivity contribution is -0.0367. The molecular weight excluding hydrogens is 244 g/mol. The quantitative estimate of drug-likeness (QED) is 0.864. The topological polar surface area (TPSA) is 71.5 Å². The Morgan fingerprint density at radius 2 is 2.26 bits per heavy atom. The zero-order valence-electron chi connectivity index (χ0n) is 11.5. The zero-order valence-corrected chi connectivity index (χ0v) is 11.5. The van der Waals surface area contributed by atoms with Gasteiger partial charge in [-0.3, -0.25) is 4.79 Å². The minimum atomic E-state index is -0.637. The minimum absolute atomic E-state index is 0.0209. The standard InChI is InChI=1S/C14H20N2O3/c1-9(2)19-12-6-10(4-5-15-12)13(17)16-11-7-14(3,18)8-11/h4-6,9,11,18H,7-8H2,1-3H3,(H,16,17). The number of pyridine rings is 1. The predicted octanol–water partition coefficient (Wildman–Crippen LogP) is 1.51. The van der Waals surface area contributed by atoms with Gasteiger partial charge in [-0.25, -0.2) is 4.98 Å². The monoisotopic (exact) mass is 264 g/mol. The van der Waals surface area contributed by atoms with E-state index in [1.54, 1.807) is 25.3 Å². The van der Waals surface area contributed by atoms with Crippen LogP contribution in [0.15, 0.2) is 18.3 Å². The van der Waals surface area contributed by atoms with Crippen LogP contribution in [0.1, 0.15) is 44.0 Å². The van der Waals surface area contributed by atoms with Gasteiger partial charge in [-0.05, 0) is 39.7 Å². The van der Waals surface area contributed by atoms with Crippen LogP contribution in [0.5, 0.6) is 5.88 Å². The Bertz CT molecular complexity index is 464. The van der Waals surface area contributed by atoms with Crippen molar-refractivity contribution in [2.45, 2.75) is 51.4 Å². The van der Waals surface area contributed by atoms with E-state index in [0.29, 0.717) is 24.3 Å². The van der Waals surface area contributed by atoms with Gasteiger partial charge >= 0.3 is 0 Å². The summed E-state index contributed by atoms with van der Waals surface area (Å²) in [5.74, 6) is 0.291. The Kier molecular flexibility index (Phi) is 3.75. The summed E-state index contributed by atoms with van der Waals surface area (Å²) in [6.07, 6.45) is 2.77. The molecule has 1 amide bonds. The molecule has 1 saturated carbocycles. The SMILES string of the molecule is CC(C)Oc1cc(C(=O)NC2CC(C)(O)C2)ccn1. The normalized spacial score (nSPS) is 25.8. The molecule has 2 rings (SSSR count). The fraction of sp³-hybridized carbons (Fsp3) is 0.571. The third-order valence-electron chi connectivity index (χ3n) is 3.06. The van der Waals surface area contributed by atoms with Gasteiger partial charge in [0.25, 0.3) is 5.91 Å². The second kappa shape index (κ2) is 5.17. The highest BCUT2D eigenvalue weighted by molar-refractivity contribution is 5.94. The van der Waals surface area contributed by atoms with Crippen LogP contribution in [0.3, 0.4) is 0 Å². The molecule has 0 bridgehead atoms. The van der Waals surface area contributed by atoms with Crippen molar-refractivity contribution in [3.05, 3.63) is 23.9 Å². The highest BCUT2D eigenvalue weighted by Gasteiger charge is 2.39. The molecular formula is C14H20N2O3. The van der Waals surface area contributed by atoms with Crippen LogP contribution in [0, 0.1) is 0 Å². The Morgan fingerprint density at radius 1 is 1.58 bits per heavy atom. The summed E-state index contributed by atoms with van der Waals surface area (Å²) >= 11 is 0. The van der Waals surface area contributed by atoms with Crippen LogP contribution in [0.4, 0.5) is 0 Å². The number of carbonyl (C=O) groups excluding carboxylic acids is 1. The van der Waals surface area contributed by atoms with Crippen LogP contribution >= 0.6 is 0 Å². The number of hydrogen-bond donors (Lipinski definition) is 2. The van der Waals surface area contributed by atoms with Crippen LogP contribution in [-0.4, -0.2) is 33.7 Å². The van der Waals surface area contributed by atoms with E-state index in [9.17, 15) is 9.90 Å². The highest BCUT2D eigenvalue weighted by atomic mass is 16.5. The fourth-order valence-electron chi connectivity index (χ4n) is 2.23. The molecule has 0 aliphatic heterocycles. The lowest BCUT2D eigenvalue weighted by Gasteiger charge is -2.41. The Balaban J connectivity index is 1.95. The Morgan fingerprint density at radius 3 is 2.84 bits per heavy atom. The van der Waals surface area contributed by atoms with Crippen molar-refractivity contribution in [3.8, 4) is 5.88 Å². The molecule has 0 saturated heterocycles. The third-order valence-corrected chi connectivity index (χ3v) is 3.06. The molecule has 0 atom stereocenters. The van der Waals surface area contributed by atoms with Crippen molar-refractivity contribution >= 4 is 5.91 Å². The first kappa shape index (κ1) is 13.8. The maximum Gasteiger partial charge on any atom is 0.251 e. The lowest BCUT2D eigenvalue weighted by atomic mass is 9.77. The number of hydrogen-bond acceptors (Lipinski definition) is 4. The van der Waals surface area contributed by atoms with Gasteiger partial charge in [0.1, 0.15) is 0 Å². The van der Waals surface area contributed by atoms with Crippen LogP contribution in [-0.2, 0) is 0 Å². The van der Waals surface area contributed by atoms with Crippen molar-refractivity contribution in [1.29, 1.82) is 0 Å². The van der Waals surface area contributed by atoms with Gasteiger partial charge in [0.05, 0.1) is 11.7 Å². The molecule has 19 heavy (non-hydrogen) atoms. The van der Waals surface area contributed by atoms with Gasteiger partial charge in [0.2, 0.25) is 5.88 Å². The van der Waals surface area contributed by atoms with E-state index in [1.807, 2.05) is 13.8 Å². The maximum absolute atomic E-state index is 12.0. The number of nitrogens with one attached hydrogen (secondary N) is 1. The van der Waals surface area contributed by atoms with Gasteiger partial charge in [0.15, 0.2) is 0 Å². The van der Waals surface area contributed by atoms with E-state index in [2.05, 4.69) is 10.3 Å². The van der Waals surface area contributed by atoms with E-state index in [4.69, 9.17) is 4.74 Å². The predicted molar refractivity (Wildman–Crippen MR) is 71.1 cm³/mol. The Labute approximate surface area is 113 Å². The van der Waals surface area contributed by atoms with Gasteiger partial charge < -0.3 is 15.2 Å². The number of amides is 1. The number of ether oxygens (including phenoxy) is 1. The molecule has 1 aromatic heterocycles. The zero-order chi connectivity index (χ0) is 14.0. The first-order chi connectivity index (χ1) is 8.85. The molecule has 0 spiro atoms. The van der Waals surface area contributed by atoms with Crippen LogP contribution in [0.25, 0.3) is 0 Å². The molecule has 1 aromatic rings. The number of aliphatic hydroxyl groups is 1. The molecule has 1 heterocycles. The van der Waals surface area contributed by atoms with Gasteiger partial charge in [-0.15, -0.1) is 0 Å². The molecule has 0 radical (unpaired) electrons. The minimum Gasteiger partial charge on any atom is -0.475 e. The summed E-state index contributed by atoms with van der Waals surface area (Å²) in [6, 6.07) is 3.33. The number of nitrogens with zero attached hydrogens (tertiary/aromatic N) is 1. The number of aromatic nitrogens is 1. The molecule has 5 nitrogen and oxygen atoms in total. The summed E-state index contributed by atoms with van der Waals surface area (Å²) in [5.41, 5.74) is -0.112. The van der Waals surface area contributed by atoms with Crippen LogP contribution in [0.2, 0.25) is 0 Å². The van der Waals surface area contributed by atoms with E-state index in [0.717, 1.165) is 0 Å². The second-order valence-corrected chi connectivity index (χ2v) is 5.62. The molecule has 0 unspecified atom stereocenters. The maximum atomic E-state index is 12.0. The average molecular weight is 264 g/mol. The molecule has 0 aromatic carbocycles. The number of rotatable bonds is 4. The summed E-state index contributed by atoms with van der Waals surface area (Å²) in [7, 11) is 0. The van der Waals surface area contributed by atoms with Crippen molar-refractivity contribution in [3.63, 3.8) is 0 Å². The van der Waals surface area contributed by atoms with E-state index in [-0.39, 0.29) is 18.1 Å². The molecule has 5 heteroatoms. The molecule has 1 fully saturated rings. The second-order valence-electron chi connectivity index (χ2n) is 5.62. The van der Waals surface area contributed by atoms with Gasteiger partial charge in [-0.1, -0.05) is 0 Å². The average Bonchev–Trinajstić information content (AvgIpc) is 2.26. The van der Waals surface area contributed by atoms with E-state index in [1.165, 1.54) is 0 Å². The first-order valence-corrected chi connectivity index (χ1v) is 6.52. The summed E-state index contributed by atoms with van der Waals surface area (Å²) in [5, 5.41) is 12.5. The summed E-state index contributed by atoms with van der Waals surface area (Å²) < 4.78 is 5.45. The van der Waals surface area contributed by atoms with Crippen molar-refractivity contribution < 1.29 is 14.6 Å². The van der Waals surface area contributed by atoms with Gasteiger partial charge in [-0.2, -0.15) is 0 Å². The van der Waals surface area contributed by atoms with Gasteiger partial charge in [0, 0.05) is 23.9 Å². The molecule has 104 valence electrons. The highest BCUT2D eigenvalue weighted by Crippen LogP contribution is 2.31. The van der Waals surface area contributed by atoms with Crippen molar-refractivity contribution in [2.75, 3.05) is 0 Å². The van der Waals surface area contributed by atoms with Crippen molar-refractivity contribution in [1.82, 2.24) is 10.3 Å². The lowest BCUT2D eigenvalue weighted by Crippen LogP contribution is -2.53.